The fourth-order valence-corrected chi connectivity index (χ4v) is 4.99. The molecule has 0 saturated carbocycles. The molecule has 1 N–H and O–H groups in total. The topological polar surface area (TPSA) is 59.7 Å². The molecule has 6 heteroatoms. The van der Waals surface area contributed by atoms with Crippen LogP contribution < -0.4 is 4.90 Å². The van der Waals surface area contributed by atoms with Crippen LogP contribution in [-0.4, -0.2) is 65.9 Å². The van der Waals surface area contributed by atoms with Crippen LogP contribution in [0.5, 0.6) is 0 Å². The predicted molar refractivity (Wildman–Crippen MR) is 127 cm³/mol. The molecule has 2 aliphatic rings. The highest BCUT2D eigenvalue weighted by atomic mass is 16.2. The van der Waals surface area contributed by atoms with Gasteiger partial charge in [-0.05, 0) is 43.2 Å². The van der Waals surface area contributed by atoms with Gasteiger partial charge in [0.15, 0.2) is 0 Å². The van der Waals surface area contributed by atoms with E-state index < -0.39 is 0 Å². The van der Waals surface area contributed by atoms with Gasteiger partial charge in [0, 0.05) is 68.5 Å². The van der Waals surface area contributed by atoms with Crippen molar-refractivity contribution < 1.29 is 9.59 Å². The maximum Gasteiger partial charge on any atom is 0.228 e. The maximum atomic E-state index is 13.1. The monoisotopic (exact) mass is 430 g/mol. The summed E-state index contributed by atoms with van der Waals surface area (Å²) in [4.78, 5) is 35.2. The lowest BCUT2D eigenvalue weighted by Gasteiger charge is -2.37. The molecule has 3 aromatic rings. The number of rotatable bonds is 5. The summed E-state index contributed by atoms with van der Waals surface area (Å²) in [7, 11) is 0. The lowest BCUT2D eigenvalue weighted by atomic mass is 10.1. The van der Waals surface area contributed by atoms with Crippen LogP contribution in [0.3, 0.4) is 0 Å². The van der Waals surface area contributed by atoms with E-state index in [1.807, 2.05) is 34.2 Å². The molecule has 0 unspecified atom stereocenters. The van der Waals surface area contributed by atoms with Gasteiger partial charge >= 0.3 is 0 Å². The summed E-state index contributed by atoms with van der Waals surface area (Å²) in [6, 6.07) is 16.7. The fraction of sp³-hybridized carbons (Fsp3) is 0.385. The van der Waals surface area contributed by atoms with Crippen LogP contribution in [-0.2, 0) is 16.0 Å². The summed E-state index contributed by atoms with van der Waals surface area (Å²) in [5, 5.41) is 1.22. The summed E-state index contributed by atoms with van der Waals surface area (Å²) in [6.07, 6.45) is 3.18. The number of carbonyl (C=O) groups excluding carboxylic acids is 2. The van der Waals surface area contributed by atoms with E-state index in [0.29, 0.717) is 32.6 Å². The first-order valence-electron chi connectivity index (χ1n) is 11.5. The molecule has 0 radical (unpaired) electrons. The van der Waals surface area contributed by atoms with Gasteiger partial charge in [0.25, 0.3) is 0 Å². The molecule has 1 aromatic heterocycles. The number of anilines is 1. The minimum atomic E-state index is -0.212. The van der Waals surface area contributed by atoms with Crippen LogP contribution in [0.1, 0.15) is 17.5 Å². The van der Waals surface area contributed by atoms with Crippen LogP contribution in [0.15, 0.2) is 54.7 Å². The first kappa shape index (κ1) is 20.6. The number of hydrogen-bond donors (Lipinski definition) is 1. The van der Waals surface area contributed by atoms with Crippen molar-refractivity contribution in [3.8, 4) is 0 Å². The van der Waals surface area contributed by atoms with Crippen molar-refractivity contribution in [2.24, 2.45) is 5.92 Å². The van der Waals surface area contributed by atoms with Gasteiger partial charge in [0.2, 0.25) is 11.8 Å². The third kappa shape index (κ3) is 4.09. The number of aromatic nitrogens is 1. The van der Waals surface area contributed by atoms with Crippen molar-refractivity contribution >= 4 is 28.4 Å². The number of fused-ring (bicyclic) bond motifs is 1. The number of hydrogen-bond acceptors (Lipinski definition) is 3. The number of H-pyrrole nitrogens is 1. The number of amides is 2. The van der Waals surface area contributed by atoms with Gasteiger partial charge < -0.3 is 19.7 Å². The number of nitrogens with one attached hydrogen (secondary N) is 1. The van der Waals surface area contributed by atoms with Gasteiger partial charge in [-0.2, -0.15) is 0 Å². The summed E-state index contributed by atoms with van der Waals surface area (Å²) in [5.74, 6) is 0.0227. The van der Waals surface area contributed by atoms with Crippen LogP contribution >= 0.6 is 0 Å². The first-order valence-corrected chi connectivity index (χ1v) is 11.5. The Morgan fingerprint density at radius 2 is 1.84 bits per heavy atom. The quantitative estimate of drug-likeness (QED) is 0.676. The Morgan fingerprint density at radius 3 is 2.62 bits per heavy atom. The van der Waals surface area contributed by atoms with E-state index in [9.17, 15) is 9.59 Å². The predicted octanol–water partition coefficient (Wildman–Crippen LogP) is 3.22. The third-order valence-electron chi connectivity index (χ3n) is 6.85. The summed E-state index contributed by atoms with van der Waals surface area (Å²) >= 11 is 0. The van der Waals surface area contributed by atoms with E-state index in [-0.39, 0.29) is 17.7 Å². The molecule has 2 aliphatic heterocycles. The standard InChI is InChI=1S/C26H30N4O2/c1-19-7-8-24-23(15-19)20(17-27-24)9-10-30-18-21(16-25(30)31)26(32)29-13-11-28(12-14-29)22-5-3-2-4-6-22/h2-8,15,17,21,27H,9-14,16,18H2,1H3/t21-/m0/s1. The fourth-order valence-electron chi connectivity index (χ4n) is 4.99. The Morgan fingerprint density at radius 1 is 1.06 bits per heavy atom. The van der Waals surface area contributed by atoms with Crippen LogP contribution in [0, 0.1) is 12.8 Å². The van der Waals surface area contributed by atoms with Crippen molar-refractivity contribution in [3.63, 3.8) is 0 Å². The van der Waals surface area contributed by atoms with Gasteiger partial charge in [-0.25, -0.2) is 0 Å². The number of piperazine rings is 1. The lowest BCUT2D eigenvalue weighted by molar-refractivity contribution is -0.136. The molecule has 2 fully saturated rings. The van der Waals surface area contributed by atoms with Crippen molar-refractivity contribution in [1.82, 2.24) is 14.8 Å². The van der Waals surface area contributed by atoms with Crippen LogP contribution in [0.2, 0.25) is 0 Å². The SMILES string of the molecule is Cc1ccc2[nH]cc(CCN3C[C@@H](C(=O)N4CCN(c5ccccc5)CC4)CC3=O)c2c1. The zero-order valence-electron chi connectivity index (χ0n) is 18.6. The zero-order valence-corrected chi connectivity index (χ0v) is 18.6. The minimum Gasteiger partial charge on any atom is -0.368 e. The van der Waals surface area contributed by atoms with Crippen molar-refractivity contribution in [3.05, 3.63) is 65.9 Å². The van der Waals surface area contributed by atoms with Gasteiger partial charge in [-0.3, -0.25) is 9.59 Å². The Kier molecular flexibility index (Phi) is 5.60. The van der Waals surface area contributed by atoms with Gasteiger partial charge in [0.1, 0.15) is 0 Å². The normalized spacial score (nSPS) is 19.2. The number of aromatic amines is 1. The van der Waals surface area contributed by atoms with Crippen molar-refractivity contribution in [1.29, 1.82) is 0 Å². The smallest absolute Gasteiger partial charge is 0.228 e. The second-order valence-corrected chi connectivity index (χ2v) is 9.00. The second kappa shape index (κ2) is 8.69. The van der Waals surface area contributed by atoms with E-state index >= 15 is 0 Å². The summed E-state index contributed by atoms with van der Waals surface area (Å²) in [5.41, 5.74) is 4.78. The highest BCUT2D eigenvalue weighted by Gasteiger charge is 2.37. The molecule has 6 nitrogen and oxygen atoms in total. The third-order valence-corrected chi connectivity index (χ3v) is 6.85. The molecule has 5 rings (SSSR count). The van der Waals surface area contributed by atoms with Crippen molar-refractivity contribution in [2.75, 3.05) is 44.2 Å². The average molecular weight is 431 g/mol. The Hall–Kier alpha value is -3.28. The number of para-hydroxylation sites is 1. The zero-order chi connectivity index (χ0) is 22.1. The molecule has 2 aromatic carbocycles. The number of benzene rings is 2. The number of likely N-dealkylation sites (tertiary alicyclic amines) is 1. The van der Waals surface area contributed by atoms with Gasteiger partial charge in [-0.15, -0.1) is 0 Å². The Balaban J connectivity index is 1.16. The molecule has 166 valence electrons. The molecule has 2 saturated heterocycles. The molecule has 3 heterocycles. The average Bonchev–Trinajstić information content (AvgIpc) is 3.40. The lowest BCUT2D eigenvalue weighted by Crippen LogP contribution is -2.50. The molecule has 2 amide bonds. The second-order valence-electron chi connectivity index (χ2n) is 9.00. The molecule has 1 atom stereocenters. The van der Waals surface area contributed by atoms with Gasteiger partial charge in [0.05, 0.1) is 5.92 Å². The van der Waals surface area contributed by atoms with Crippen molar-refractivity contribution in [2.45, 2.75) is 19.8 Å². The molecule has 32 heavy (non-hydrogen) atoms. The summed E-state index contributed by atoms with van der Waals surface area (Å²) in [6.45, 7) is 6.39. The van der Waals surface area contributed by atoms with E-state index in [4.69, 9.17) is 0 Å². The van der Waals surface area contributed by atoms with Gasteiger partial charge in [-0.1, -0.05) is 29.8 Å². The molecule has 0 spiro atoms. The van der Waals surface area contributed by atoms with E-state index in [1.165, 1.54) is 22.2 Å². The summed E-state index contributed by atoms with van der Waals surface area (Å²) < 4.78 is 0. The first-order chi connectivity index (χ1) is 15.6. The number of carbonyl (C=O) groups is 2. The van der Waals surface area contributed by atoms with E-state index in [1.54, 1.807) is 0 Å². The Bertz CT molecular complexity index is 1120. The highest BCUT2D eigenvalue weighted by molar-refractivity contribution is 5.89. The molecular formula is C26H30N4O2. The Labute approximate surface area is 188 Å². The largest absolute Gasteiger partial charge is 0.368 e. The number of nitrogens with zero attached hydrogens (tertiary/aromatic N) is 3. The molecule has 0 aliphatic carbocycles. The maximum absolute atomic E-state index is 13.1. The highest BCUT2D eigenvalue weighted by Crippen LogP contribution is 2.24. The molecule has 0 bridgehead atoms. The van der Waals surface area contributed by atoms with Crippen LogP contribution in [0.25, 0.3) is 10.9 Å². The minimum absolute atomic E-state index is 0.0993. The molecular weight excluding hydrogens is 400 g/mol. The van der Waals surface area contributed by atoms with E-state index in [0.717, 1.165) is 25.0 Å². The van der Waals surface area contributed by atoms with Crippen LogP contribution in [0.4, 0.5) is 5.69 Å². The number of aryl methyl sites for hydroxylation is 1. The van der Waals surface area contributed by atoms with E-state index in [2.05, 4.69) is 47.1 Å².